The molecule has 8 heteroatoms. The van der Waals surface area contributed by atoms with Gasteiger partial charge in [-0.1, -0.05) is 26.0 Å². The zero-order valence-corrected chi connectivity index (χ0v) is 18.5. The summed E-state index contributed by atoms with van der Waals surface area (Å²) in [5.41, 5.74) is 1.83. The number of nitrogens with zero attached hydrogens (tertiary/aromatic N) is 2. The molecule has 1 N–H and O–H groups in total. The van der Waals surface area contributed by atoms with E-state index in [9.17, 15) is 13.2 Å². The van der Waals surface area contributed by atoms with Crippen molar-refractivity contribution in [1.29, 1.82) is 0 Å². The van der Waals surface area contributed by atoms with Gasteiger partial charge in [-0.2, -0.15) is 4.31 Å². The molecule has 1 fully saturated rings. The third kappa shape index (κ3) is 4.99. The maximum Gasteiger partial charge on any atom is 0.246 e. The summed E-state index contributed by atoms with van der Waals surface area (Å²) in [6.07, 6.45) is 4.67. The fourth-order valence-electron chi connectivity index (χ4n) is 3.60. The first-order valence-electron chi connectivity index (χ1n) is 10.2. The molecule has 1 saturated heterocycles. The van der Waals surface area contributed by atoms with E-state index in [1.54, 1.807) is 24.5 Å². The van der Waals surface area contributed by atoms with Gasteiger partial charge in [0.1, 0.15) is 10.6 Å². The predicted molar refractivity (Wildman–Crippen MR) is 115 cm³/mol. The molecule has 1 aliphatic heterocycles. The van der Waals surface area contributed by atoms with Crippen LogP contribution in [0.2, 0.25) is 0 Å². The lowest BCUT2D eigenvalue weighted by molar-refractivity contribution is -0.126. The quantitative estimate of drug-likeness (QED) is 0.728. The molecule has 0 saturated carbocycles. The summed E-state index contributed by atoms with van der Waals surface area (Å²) in [5.74, 6) is -0.00844. The standard InChI is InChI=1S/C22H29N3O4S/c1-16(2)18-8-9-20(29-3)21(12-18)30(27,28)25-11-5-7-19(15-25)22(26)24-14-17-6-4-10-23-13-17/h4,6,8-10,12-13,16,19H,5,7,11,14-15H2,1-3H3,(H,24,26)/t19-/m0/s1. The van der Waals surface area contributed by atoms with Crippen molar-refractivity contribution in [2.75, 3.05) is 20.2 Å². The van der Waals surface area contributed by atoms with E-state index < -0.39 is 10.0 Å². The molecule has 1 aliphatic rings. The number of rotatable bonds is 7. The van der Waals surface area contributed by atoms with Gasteiger partial charge < -0.3 is 10.1 Å². The van der Waals surface area contributed by atoms with Crippen molar-refractivity contribution >= 4 is 15.9 Å². The molecule has 1 amide bonds. The van der Waals surface area contributed by atoms with E-state index in [0.29, 0.717) is 31.7 Å². The van der Waals surface area contributed by atoms with E-state index in [1.165, 1.54) is 11.4 Å². The van der Waals surface area contributed by atoms with E-state index >= 15 is 0 Å². The lowest BCUT2D eigenvalue weighted by Gasteiger charge is -2.31. The first-order chi connectivity index (χ1) is 14.3. The number of benzene rings is 1. The largest absolute Gasteiger partial charge is 0.495 e. The molecule has 2 aromatic rings. The number of hydrogen-bond donors (Lipinski definition) is 1. The minimum Gasteiger partial charge on any atom is -0.495 e. The third-order valence-corrected chi connectivity index (χ3v) is 7.30. The van der Waals surface area contributed by atoms with Gasteiger partial charge >= 0.3 is 0 Å². The number of sulfonamides is 1. The molecule has 0 bridgehead atoms. The molecule has 162 valence electrons. The maximum absolute atomic E-state index is 13.4. The second-order valence-electron chi connectivity index (χ2n) is 7.85. The zero-order valence-electron chi connectivity index (χ0n) is 17.7. The molecular weight excluding hydrogens is 402 g/mol. The lowest BCUT2D eigenvalue weighted by atomic mass is 9.99. The Kier molecular flexibility index (Phi) is 7.10. The number of carbonyl (C=O) groups excluding carboxylic acids is 1. The summed E-state index contributed by atoms with van der Waals surface area (Å²) in [4.78, 5) is 16.9. The van der Waals surface area contributed by atoms with Gasteiger partial charge in [0.25, 0.3) is 0 Å². The number of pyridine rings is 1. The Labute approximate surface area is 178 Å². The molecule has 1 aromatic carbocycles. The van der Waals surface area contributed by atoms with Gasteiger partial charge in [0.15, 0.2) is 0 Å². The van der Waals surface area contributed by atoms with Gasteiger partial charge in [-0.3, -0.25) is 9.78 Å². The van der Waals surface area contributed by atoms with Crippen molar-refractivity contribution in [3.05, 3.63) is 53.9 Å². The van der Waals surface area contributed by atoms with Crippen LogP contribution in [0.5, 0.6) is 5.75 Å². The van der Waals surface area contributed by atoms with Crippen molar-refractivity contribution in [3.63, 3.8) is 0 Å². The van der Waals surface area contributed by atoms with Crippen molar-refractivity contribution in [2.45, 2.75) is 44.0 Å². The number of hydrogen-bond acceptors (Lipinski definition) is 5. The molecule has 1 aromatic heterocycles. The molecule has 0 aliphatic carbocycles. The number of carbonyl (C=O) groups is 1. The number of aromatic nitrogens is 1. The fraction of sp³-hybridized carbons (Fsp3) is 0.455. The number of piperidine rings is 1. The fourth-order valence-corrected chi connectivity index (χ4v) is 5.32. The SMILES string of the molecule is COc1ccc(C(C)C)cc1S(=O)(=O)N1CCC[C@H](C(=O)NCc2cccnc2)C1. The monoisotopic (exact) mass is 431 g/mol. The normalized spacial score (nSPS) is 17.7. The van der Waals surface area contributed by atoms with Crippen LogP contribution in [0.25, 0.3) is 0 Å². The van der Waals surface area contributed by atoms with Crippen LogP contribution < -0.4 is 10.1 Å². The Morgan fingerprint density at radius 3 is 2.80 bits per heavy atom. The molecule has 7 nitrogen and oxygen atoms in total. The molecule has 0 spiro atoms. The van der Waals surface area contributed by atoms with Crippen molar-refractivity contribution in [1.82, 2.24) is 14.6 Å². The van der Waals surface area contributed by atoms with Gasteiger partial charge in [0.05, 0.1) is 13.0 Å². The lowest BCUT2D eigenvalue weighted by Crippen LogP contribution is -2.45. The topological polar surface area (TPSA) is 88.6 Å². The summed E-state index contributed by atoms with van der Waals surface area (Å²) >= 11 is 0. The molecule has 0 unspecified atom stereocenters. The summed E-state index contributed by atoms with van der Waals surface area (Å²) in [6.45, 7) is 4.96. The molecule has 3 rings (SSSR count). The maximum atomic E-state index is 13.4. The molecular formula is C22H29N3O4S. The highest BCUT2D eigenvalue weighted by atomic mass is 32.2. The van der Waals surface area contributed by atoms with Gasteiger partial charge in [-0.15, -0.1) is 0 Å². The second kappa shape index (κ2) is 9.57. The second-order valence-corrected chi connectivity index (χ2v) is 9.75. The van der Waals surface area contributed by atoms with Crippen LogP contribution in [0.1, 0.15) is 43.7 Å². The molecule has 1 atom stereocenters. The Hall–Kier alpha value is -2.45. The van der Waals surface area contributed by atoms with Crippen LogP contribution >= 0.6 is 0 Å². The van der Waals surface area contributed by atoms with Crippen molar-refractivity contribution in [2.24, 2.45) is 5.92 Å². The van der Waals surface area contributed by atoms with E-state index in [2.05, 4.69) is 10.3 Å². The van der Waals surface area contributed by atoms with Crippen LogP contribution in [0.4, 0.5) is 0 Å². The summed E-state index contributed by atoms with van der Waals surface area (Å²) < 4.78 is 33.5. The number of amides is 1. The summed E-state index contributed by atoms with van der Waals surface area (Å²) in [7, 11) is -2.31. The number of methoxy groups -OCH3 is 1. The van der Waals surface area contributed by atoms with Crippen LogP contribution in [-0.4, -0.2) is 43.8 Å². The number of nitrogens with one attached hydrogen (secondary N) is 1. The van der Waals surface area contributed by atoms with E-state index in [-0.39, 0.29) is 29.2 Å². The Bertz CT molecular complexity index is 977. The average molecular weight is 432 g/mol. The van der Waals surface area contributed by atoms with Gasteiger partial charge in [0, 0.05) is 32.0 Å². The first-order valence-corrected chi connectivity index (χ1v) is 11.6. The zero-order chi connectivity index (χ0) is 21.7. The number of ether oxygens (including phenoxy) is 1. The van der Waals surface area contributed by atoms with E-state index in [4.69, 9.17) is 4.74 Å². The van der Waals surface area contributed by atoms with E-state index in [1.807, 2.05) is 32.0 Å². The van der Waals surface area contributed by atoms with Crippen LogP contribution in [-0.2, 0) is 21.4 Å². The average Bonchev–Trinajstić information content (AvgIpc) is 2.77. The van der Waals surface area contributed by atoms with Gasteiger partial charge in [0.2, 0.25) is 15.9 Å². The highest BCUT2D eigenvalue weighted by Crippen LogP contribution is 2.32. The third-order valence-electron chi connectivity index (χ3n) is 5.42. The van der Waals surface area contributed by atoms with Crippen LogP contribution in [0.3, 0.4) is 0 Å². The van der Waals surface area contributed by atoms with Crippen LogP contribution in [0, 0.1) is 5.92 Å². The molecule has 0 radical (unpaired) electrons. The van der Waals surface area contributed by atoms with Crippen LogP contribution in [0.15, 0.2) is 47.6 Å². The Morgan fingerprint density at radius 1 is 1.33 bits per heavy atom. The predicted octanol–water partition coefficient (Wildman–Crippen LogP) is 2.93. The molecule has 2 heterocycles. The van der Waals surface area contributed by atoms with E-state index in [0.717, 1.165) is 11.1 Å². The van der Waals surface area contributed by atoms with Crippen molar-refractivity contribution < 1.29 is 17.9 Å². The summed E-state index contributed by atoms with van der Waals surface area (Å²) in [6, 6.07) is 8.97. The summed E-state index contributed by atoms with van der Waals surface area (Å²) in [5, 5.41) is 2.90. The highest BCUT2D eigenvalue weighted by molar-refractivity contribution is 7.89. The van der Waals surface area contributed by atoms with Crippen molar-refractivity contribution in [3.8, 4) is 5.75 Å². The molecule has 30 heavy (non-hydrogen) atoms. The Balaban J connectivity index is 1.75. The minimum atomic E-state index is -3.78. The van der Waals surface area contributed by atoms with Gasteiger partial charge in [-0.05, 0) is 48.1 Å². The smallest absolute Gasteiger partial charge is 0.246 e. The minimum absolute atomic E-state index is 0.137. The van der Waals surface area contributed by atoms with Gasteiger partial charge in [-0.25, -0.2) is 8.42 Å². The Morgan fingerprint density at radius 2 is 2.13 bits per heavy atom. The highest BCUT2D eigenvalue weighted by Gasteiger charge is 2.35. The first kappa shape index (κ1) is 22.2.